The molecule has 1 amide bonds. The Morgan fingerprint density at radius 2 is 2.19 bits per heavy atom. The summed E-state index contributed by atoms with van der Waals surface area (Å²) in [4.78, 5) is 11.7. The molecular formula is C12H15ClN2O. The molecule has 86 valence electrons. The molecular weight excluding hydrogens is 224 g/mol. The highest BCUT2D eigenvalue weighted by Gasteiger charge is 2.14. The van der Waals surface area contributed by atoms with Gasteiger partial charge in [-0.15, -0.1) is 0 Å². The lowest BCUT2D eigenvalue weighted by Crippen LogP contribution is -2.37. The topological polar surface area (TPSA) is 41.1 Å². The third-order valence-electron chi connectivity index (χ3n) is 2.78. The summed E-state index contributed by atoms with van der Waals surface area (Å²) in [6.07, 6.45) is 2.34. The summed E-state index contributed by atoms with van der Waals surface area (Å²) in [5.74, 6) is -0.0367. The van der Waals surface area contributed by atoms with Crippen LogP contribution < -0.4 is 10.6 Å². The van der Waals surface area contributed by atoms with Crippen LogP contribution in [-0.2, 0) is 0 Å². The first-order chi connectivity index (χ1) is 7.75. The van der Waals surface area contributed by atoms with Crippen molar-refractivity contribution >= 4 is 17.5 Å². The molecule has 1 aromatic carbocycles. The average Bonchev–Trinajstić information content (AvgIpc) is 2.80. The summed E-state index contributed by atoms with van der Waals surface area (Å²) in [7, 11) is 0. The number of hydrogen-bond acceptors (Lipinski definition) is 2. The summed E-state index contributed by atoms with van der Waals surface area (Å²) in [5, 5.41) is 6.90. The van der Waals surface area contributed by atoms with Crippen molar-refractivity contribution in [1.82, 2.24) is 10.6 Å². The second kappa shape index (κ2) is 5.32. The Balaban J connectivity index is 1.85. The molecule has 1 saturated heterocycles. The molecule has 1 aliphatic heterocycles. The summed E-state index contributed by atoms with van der Waals surface area (Å²) in [6.45, 7) is 1.75. The number of hydrogen-bond donors (Lipinski definition) is 2. The Labute approximate surface area is 100 Å². The van der Waals surface area contributed by atoms with Crippen LogP contribution in [0.2, 0.25) is 5.02 Å². The fourth-order valence-corrected chi connectivity index (χ4v) is 1.98. The molecule has 1 fully saturated rings. The first-order valence-electron chi connectivity index (χ1n) is 5.53. The third kappa shape index (κ3) is 2.97. The Bertz CT molecular complexity index is 358. The standard InChI is InChI=1S/C12H15ClN2O/c13-10-5-3-9(4-6-10)12(16)15-8-11-2-1-7-14-11/h3-6,11,14H,1-2,7-8H2,(H,15,16)/t11-/m1/s1. The molecule has 0 aromatic heterocycles. The molecule has 0 radical (unpaired) electrons. The van der Waals surface area contributed by atoms with E-state index in [1.807, 2.05) is 0 Å². The predicted octanol–water partition coefficient (Wildman–Crippen LogP) is 1.82. The lowest BCUT2D eigenvalue weighted by molar-refractivity contribution is 0.0950. The monoisotopic (exact) mass is 238 g/mol. The molecule has 1 aromatic rings. The maximum absolute atomic E-state index is 11.7. The molecule has 3 nitrogen and oxygen atoms in total. The van der Waals surface area contributed by atoms with Crippen molar-refractivity contribution in [3.63, 3.8) is 0 Å². The molecule has 0 aliphatic carbocycles. The zero-order chi connectivity index (χ0) is 11.4. The molecule has 0 bridgehead atoms. The van der Waals surface area contributed by atoms with Crippen LogP contribution >= 0.6 is 11.6 Å². The number of rotatable bonds is 3. The minimum absolute atomic E-state index is 0.0367. The van der Waals surface area contributed by atoms with Gasteiger partial charge in [-0.25, -0.2) is 0 Å². The van der Waals surface area contributed by atoms with Crippen molar-refractivity contribution in [1.29, 1.82) is 0 Å². The van der Waals surface area contributed by atoms with E-state index in [0.29, 0.717) is 23.2 Å². The van der Waals surface area contributed by atoms with Gasteiger partial charge in [-0.2, -0.15) is 0 Å². The van der Waals surface area contributed by atoms with E-state index in [1.165, 1.54) is 6.42 Å². The smallest absolute Gasteiger partial charge is 0.251 e. The van der Waals surface area contributed by atoms with E-state index < -0.39 is 0 Å². The van der Waals surface area contributed by atoms with Gasteiger partial charge in [0.05, 0.1) is 0 Å². The van der Waals surface area contributed by atoms with Gasteiger partial charge >= 0.3 is 0 Å². The largest absolute Gasteiger partial charge is 0.350 e. The highest BCUT2D eigenvalue weighted by molar-refractivity contribution is 6.30. The number of nitrogens with one attached hydrogen (secondary N) is 2. The normalized spacial score (nSPS) is 19.7. The highest BCUT2D eigenvalue weighted by atomic mass is 35.5. The van der Waals surface area contributed by atoms with Crippen LogP contribution in [0.15, 0.2) is 24.3 Å². The number of carbonyl (C=O) groups excluding carboxylic acids is 1. The first-order valence-corrected chi connectivity index (χ1v) is 5.90. The summed E-state index contributed by atoms with van der Waals surface area (Å²) in [6, 6.07) is 7.35. The second-order valence-corrected chi connectivity index (χ2v) is 4.45. The van der Waals surface area contributed by atoms with Gasteiger partial charge in [-0.05, 0) is 43.7 Å². The van der Waals surface area contributed by atoms with E-state index >= 15 is 0 Å². The van der Waals surface area contributed by atoms with E-state index in [1.54, 1.807) is 24.3 Å². The van der Waals surface area contributed by atoms with Crippen LogP contribution in [0.1, 0.15) is 23.2 Å². The molecule has 16 heavy (non-hydrogen) atoms. The van der Waals surface area contributed by atoms with Crippen LogP contribution in [0.3, 0.4) is 0 Å². The minimum atomic E-state index is -0.0367. The van der Waals surface area contributed by atoms with Crippen LogP contribution in [0.5, 0.6) is 0 Å². The zero-order valence-corrected chi connectivity index (χ0v) is 9.76. The molecule has 0 unspecified atom stereocenters. The van der Waals surface area contributed by atoms with Gasteiger partial charge in [0.2, 0.25) is 0 Å². The quantitative estimate of drug-likeness (QED) is 0.844. The van der Waals surface area contributed by atoms with Gasteiger partial charge in [-0.3, -0.25) is 4.79 Å². The molecule has 1 atom stereocenters. The van der Waals surface area contributed by atoms with Gasteiger partial charge in [0.15, 0.2) is 0 Å². The van der Waals surface area contributed by atoms with Crippen molar-refractivity contribution in [3.8, 4) is 0 Å². The van der Waals surface area contributed by atoms with E-state index in [2.05, 4.69) is 10.6 Å². The maximum atomic E-state index is 11.7. The van der Waals surface area contributed by atoms with Gasteiger partial charge in [0, 0.05) is 23.2 Å². The first kappa shape index (κ1) is 11.4. The molecule has 0 saturated carbocycles. The van der Waals surface area contributed by atoms with Gasteiger partial charge in [0.1, 0.15) is 0 Å². The number of halogens is 1. The Kier molecular flexibility index (Phi) is 3.80. The van der Waals surface area contributed by atoms with Crippen molar-refractivity contribution < 1.29 is 4.79 Å². The zero-order valence-electron chi connectivity index (χ0n) is 9.00. The maximum Gasteiger partial charge on any atom is 0.251 e. The van der Waals surface area contributed by atoms with E-state index in [-0.39, 0.29) is 5.91 Å². The van der Waals surface area contributed by atoms with E-state index in [4.69, 9.17) is 11.6 Å². The van der Waals surface area contributed by atoms with E-state index in [9.17, 15) is 4.79 Å². The predicted molar refractivity (Wildman–Crippen MR) is 64.8 cm³/mol. The van der Waals surface area contributed by atoms with Crippen LogP contribution in [-0.4, -0.2) is 25.0 Å². The van der Waals surface area contributed by atoms with Crippen LogP contribution in [0.4, 0.5) is 0 Å². The van der Waals surface area contributed by atoms with Crippen molar-refractivity contribution in [2.24, 2.45) is 0 Å². The van der Waals surface area contributed by atoms with Crippen molar-refractivity contribution in [3.05, 3.63) is 34.9 Å². The lowest BCUT2D eigenvalue weighted by Gasteiger charge is -2.11. The molecule has 1 heterocycles. The summed E-state index contributed by atoms with van der Waals surface area (Å²) < 4.78 is 0. The van der Waals surface area contributed by atoms with E-state index in [0.717, 1.165) is 13.0 Å². The summed E-state index contributed by atoms with van der Waals surface area (Å²) >= 11 is 5.76. The molecule has 2 N–H and O–H groups in total. The summed E-state index contributed by atoms with van der Waals surface area (Å²) in [5.41, 5.74) is 0.655. The fourth-order valence-electron chi connectivity index (χ4n) is 1.85. The number of carbonyl (C=O) groups is 1. The van der Waals surface area contributed by atoms with Gasteiger partial charge in [-0.1, -0.05) is 11.6 Å². The van der Waals surface area contributed by atoms with Crippen LogP contribution in [0, 0.1) is 0 Å². The third-order valence-corrected chi connectivity index (χ3v) is 3.03. The molecule has 2 rings (SSSR count). The lowest BCUT2D eigenvalue weighted by atomic mass is 10.2. The second-order valence-electron chi connectivity index (χ2n) is 4.01. The minimum Gasteiger partial charge on any atom is -0.350 e. The fraction of sp³-hybridized carbons (Fsp3) is 0.417. The Hall–Kier alpha value is -1.06. The Morgan fingerprint density at radius 3 is 2.81 bits per heavy atom. The highest BCUT2D eigenvalue weighted by Crippen LogP contribution is 2.09. The van der Waals surface area contributed by atoms with Crippen molar-refractivity contribution in [2.75, 3.05) is 13.1 Å². The Morgan fingerprint density at radius 1 is 1.44 bits per heavy atom. The molecule has 0 spiro atoms. The number of benzene rings is 1. The van der Waals surface area contributed by atoms with Gasteiger partial charge in [0.25, 0.3) is 5.91 Å². The van der Waals surface area contributed by atoms with Gasteiger partial charge < -0.3 is 10.6 Å². The van der Waals surface area contributed by atoms with Crippen LogP contribution in [0.25, 0.3) is 0 Å². The average molecular weight is 239 g/mol. The molecule has 4 heteroatoms. The van der Waals surface area contributed by atoms with Crippen molar-refractivity contribution in [2.45, 2.75) is 18.9 Å². The number of amides is 1. The SMILES string of the molecule is O=C(NC[C@H]1CCCN1)c1ccc(Cl)cc1. The molecule has 1 aliphatic rings.